The van der Waals surface area contributed by atoms with Crippen molar-refractivity contribution < 1.29 is 4.79 Å². The molecule has 0 unspecified atom stereocenters. The summed E-state index contributed by atoms with van der Waals surface area (Å²) in [5.74, 6) is -0.335. The van der Waals surface area contributed by atoms with Crippen LogP contribution in [0, 0.1) is 0 Å². The maximum Gasteiger partial charge on any atom is 0.249 e. The van der Waals surface area contributed by atoms with Crippen LogP contribution in [0.25, 0.3) is 0 Å². The summed E-state index contributed by atoms with van der Waals surface area (Å²) in [5, 5.41) is 1.86. The van der Waals surface area contributed by atoms with Crippen molar-refractivity contribution in [3.63, 3.8) is 0 Å². The first kappa shape index (κ1) is 15.3. The van der Waals surface area contributed by atoms with Crippen LogP contribution in [-0.4, -0.2) is 23.9 Å². The van der Waals surface area contributed by atoms with Crippen LogP contribution in [-0.2, 0) is 12.0 Å². The Morgan fingerprint density at radius 3 is 2.55 bits per heavy atom. The van der Waals surface area contributed by atoms with Gasteiger partial charge in [-0.3, -0.25) is 9.69 Å². The number of thiophene rings is 1. The molecule has 1 aliphatic rings. The zero-order chi connectivity index (χ0) is 15.6. The highest BCUT2D eigenvalue weighted by Crippen LogP contribution is 2.35. The van der Waals surface area contributed by atoms with E-state index in [0.717, 1.165) is 19.6 Å². The molecule has 1 aromatic heterocycles. The van der Waals surface area contributed by atoms with Gasteiger partial charge in [-0.15, -0.1) is 11.3 Å². The third-order valence-electron chi connectivity index (χ3n) is 4.75. The van der Waals surface area contributed by atoms with Crippen molar-refractivity contribution in [2.75, 3.05) is 13.1 Å². The van der Waals surface area contributed by atoms with E-state index in [1.807, 2.05) is 11.4 Å². The first-order valence-corrected chi connectivity index (χ1v) is 8.60. The van der Waals surface area contributed by atoms with Gasteiger partial charge in [-0.1, -0.05) is 37.3 Å². The summed E-state index contributed by atoms with van der Waals surface area (Å²) in [6.07, 6.45) is 2.34. The lowest BCUT2D eigenvalue weighted by Gasteiger charge is -2.39. The number of rotatable bonds is 4. The van der Waals surface area contributed by atoms with E-state index in [2.05, 4.69) is 42.2 Å². The largest absolute Gasteiger partial charge is 0.366 e. The highest BCUT2D eigenvalue weighted by atomic mass is 32.1. The number of carbonyl (C=O) groups is 1. The smallest absolute Gasteiger partial charge is 0.249 e. The molecule has 1 aromatic carbocycles. The fourth-order valence-corrected chi connectivity index (χ4v) is 4.06. The lowest BCUT2D eigenvalue weighted by molar-refractivity contribution is 0.100. The molecular formula is C18H22N2OS. The summed E-state index contributed by atoms with van der Waals surface area (Å²) in [6, 6.07) is 12.8. The zero-order valence-electron chi connectivity index (χ0n) is 12.9. The monoisotopic (exact) mass is 314 g/mol. The van der Waals surface area contributed by atoms with Crippen molar-refractivity contribution in [2.24, 2.45) is 5.73 Å². The molecule has 1 saturated heterocycles. The molecule has 3 rings (SSSR count). The molecule has 2 heterocycles. The molecule has 1 aliphatic heterocycles. The number of benzene rings is 1. The van der Waals surface area contributed by atoms with Gasteiger partial charge >= 0.3 is 0 Å². The molecule has 22 heavy (non-hydrogen) atoms. The summed E-state index contributed by atoms with van der Waals surface area (Å²) in [5.41, 5.74) is 7.67. The van der Waals surface area contributed by atoms with E-state index in [9.17, 15) is 4.79 Å². The average Bonchev–Trinajstić information content (AvgIpc) is 3.00. The van der Waals surface area contributed by atoms with Gasteiger partial charge in [0, 0.05) is 16.8 Å². The fraction of sp³-hybridized carbons (Fsp3) is 0.389. The average molecular weight is 314 g/mol. The molecule has 0 spiro atoms. The van der Waals surface area contributed by atoms with Gasteiger partial charge in [-0.25, -0.2) is 0 Å². The van der Waals surface area contributed by atoms with Crippen molar-refractivity contribution in [1.82, 2.24) is 4.90 Å². The number of nitrogens with zero attached hydrogens (tertiary/aromatic N) is 1. The minimum absolute atomic E-state index is 0.283. The summed E-state index contributed by atoms with van der Waals surface area (Å²) in [7, 11) is 0. The van der Waals surface area contributed by atoms with E-state index in [1.165, 1.54) is 23.3 Å². The van der Waals surface area contributed by atoms with E-state index in [0.29, 0.717) is 5.56 Å². The maximum atomic E-state index is 11.2. The Kier molecular flexibility index (Phi) is 4.32. The number of nitrogens with two attached hydrogens (primary N) is 1. The van der Waals surface area contributed by atoms with Crippen LogP contribution >= 0.6 is 11.3 Å². The van der Waals surface area contributed by atoms with Crippen molar-refractivity contribution in [3.8, 4) is 0 Å². The fourth-order valence-electron chi connectivity index (χ4n) is 3.15. The number of hydrogen-bond donors (Lipinski definition) is 1. The summed E-state index contributed by atoms with van der Waals surface area (Å²) < 4.78 is 0. The Morgan fingerprint density at radius 1 is 1.27 bits per heavy atom. The molecule has 0 saturated carbocycles. The summed E-state index contributed by atoms with van der Waals surface area (Å²) >= 11 is 1.63. The Hall–Kier alpha value is -1.65. The van der Waals surface area contributed by atoms with E-state index in [1.54, 1.807) is 11.3 Å². The van der Waals surface area contributed by atoms with Gasteiger partial charge in [-0.05, 0) is 43.0 Å². The standard InChI is InChI=1S/C18H22N2OS/c1-18(15-5-3-2-4-6-15)7-9-20(10-8-18)12-16-11-14(13-22-16)17(19)21/h2-6,11,13H,7-10,12H2,1H3,(H2,19,21). The van der Waals surface area contributed by atoms with Crippen LogP contribution in [0.3, 0.4) is 0 Å². The summed E-state index contributed by atoms with van der Waals surface area (Å²) in [6.45, 7) is 5.48. The first-order valence-electron chi connectivity index (χ1n) is 7.72. The van der Waals surface area contributed by atoms with Crippen LogP contribution in [0.15, 0.2) is 41.8 Å². The van der Waals surface area contributed by atoms with Crippen molar-refractivity contribution in [2.45, 2.75) is 31.7 Å². The molecule has 0 bridgehead atoms. The third-order valence-corrected chi connectivity index (χ3v) is 5.67. The second kappa shape index (κ2) is 6.23. The molecule has 0 radical (unpaired) electrons. The minimum Gasteiger partial charge on any atom is -0.366 e. The Bertz CT molecular complexity index is 642. The Balaban J connectivity index is 1.60. The predicted octanol–water partition coefficient (Wildman–Crippen LogP) is 3.40. The first-order chi connectivity index (χ1) is 10.6. The number of hydrogen-bond acceptors (Lipinski definition) is 3. The zero-order valence-corrected chi connectivity index (χ0v) is 13.7. The quantitative estimate of drug-likeness (QED) is 0.940. The second-order valence-electron chi connectivity index (χ2n) is 6.37. The molecule has 1 amide bonds. The Morgan fingerprint density at radius 2 is 1.95 bits per heavy atom. The lowest BCUT2D eigenvalue weighted by Crippen LogP contribution is -2.40. The van der Waals surface area contributed by atoms with E-state index < -0.39 is 0 Å². The van der Waals surface area contributed by atoms with Gasteiger partial charge in [0.05, 0.1) is 5.56 Å². The van der Waals surface area contributed by atoms with Crippen molar-refractivity contribution >= 4 is 17.2 Å². The van der Waals surface area contributed by atoms with E-state index in [-0.39, 0.29) is 11.3 Å². The van der Waals surface area contributed by atoms with Gasteiger partial charge in [-0.2, -0.15) is 0 Å². The van der Waals surface area contributed by atoms with E-state index >= 15 is 0 Å². The molecule has 4 heteroatoms. The number of amides is 1. The number of primary amides is 1. The van der Waals surface area contributed by atoms with Gasteiger partial charge in [0.2, 0.25) is 5.91 Å². The Labute approximate surface area is 135 Å². The molecule has 116 valence electrons. The SMILES string of the molecule is CC1(c2ccccc2)CCN(Cc2cc(C(N)=O)cs2)CC1. The second-order valence-corrected chi connectivity index (χ2v) is 7.36. The minimum atomic E-state index is -0.335. The summed E-state index contributed by atoms with van der Waals surface area (Å²) in [4.78, 5) is 14.9. The third kappa shape index (κ3) is 3.23. The van der Waals surface area contributed by atoms with Gasteiger partial charge < -0.3 is 5.73 Å². The number of carbonyl (C=O) groups excluding carboxylic acids is 1. The van der Waals surface area contributed by atoms with Crippen molar-refractivity contribution in [3.05, 3.63) is 57.8 Å². The van der Waals surface area contributed by atoms with Crippen LogP contribution < -0.4 is 5.73 Å². The normalized spacial score (nSPS) is 18.2. The number of likely N-dealkylation sites (tertiary alicyclic amines) is 1. The highest BCUT2D eigenvalue weighted by molar-refractivity contribution is 7.10. The molecular weight excluding hydrogens is 292 g/mol. The van der Waals surface area contributed by atoms with Gasteiger partial charge in [0.15, 0.2) is 0 Å². The van der Waals surface area contributed by atoms with Gasteiger partial charge in [0.1, 0.15) is 0 Å². The lowest BCUT2D eigenvalue weighted by atomic mass is 9.74. The van der Waals surface area contributed by atoms with Gasteiger partial charge in [0.25, 0.3) is 0 Å². The van der Waals surface area contributed by atoms with Crippen LogP contribution in [0.1, 0.15) is 40.6 Å². The van der Waals surface area contributed by atoms with Crippen molar-refractivity contribution in [1.29, 1.82) is 0 Å². The molecule has 0 atom stereocenters. The van der Waals surface area contributed by atoms with Crippen LogP contribution in [0.4, 0.5) is 0 Å². The highest BCUT2D eigenvalue weighted by Gasteiger charge is 2.31. The molecule has 2 N–H and O–H groups in total. The van der Waals surface area contributed by atoms with E-state index in [4.69, 9.17) is 5.73 Å². The number of piperidine rings is 1. The molecule has 0 aliphatic carbocycles. The van der Waals surface area contributed by atoms with Crippen LogP contribution in [0.2, 0.25) is 0 Å². The molecule has 2 aromatic rings. The topological polar surface area (TPSA) is 46.3 Å². The molecule has 1 fully saturated rings. The molecule has 3 nitrogen and oxygen atoms in total. The maximum absolute atomic E-state index is 11.2. The van der Waals surface area contributed by atoms with Crippen LogP contribution in [0.5, 0.6) is 0 Å². The predicted molar refractivity (Wildman–Crippen MR) is 91.1 cm³/mol.